The summed E-state index contributed by atoms with van der Waals surface area (Å²) in [6.07, 6.45) is 0. The van der Waals surface area contributed by atoms with Crippen LogP contribution in [0.5, 0.6) is 0 Å². The Morgan fingerprint density at radius 2 is 2.13 bits per heavy atom. The highest BCUT2D eigenvalue weighted by molar-refractivity contribution is 5.93. The first-order valence-corrected chi connectivity index (χ1v) is 4.41. The Balaban J connectivity index is 2.44. The van der Waals surface area contributed by atoms with Gasteiger partial charge in [-0.3, -0.25) is 9.63 Å². The first kappa shape index (κ1) is 11.6. The van der Waals surface area contributed by atoms with Crippen molar-refractivity contribution in [2.45, 2.75) is 0 Å². The van der Waals surface area contributed by atoms with E-state index in [2.05, 4.69) is 5.48 Å². The van der Waals surface area contributed by atoms with Gasteiger partial charge in [0, 0.05) is 7.11 Å². The van der Waals surface area contributed by atoms with E-state index in [9.17, 15) is 9.18 Å². The number of amides is 1. The molecule has 0 aromatic heterocycles. The molecule has 1 amide bonds. The van der Waals surface area contributed by atoms with Crippen LogP contribution >= 0.6 is 0 Å². The van der Waals surface area contributed by atoms with Gasteiger partial charge in [-0.05, 0) is 12.1 Å². The van der Waals surface area contributed by atoms with E-state index in [1.807, 2.05) is 0 Å². The predicted molar refractivity (Wildman–Crippen MR) is 51.7 cm³/mol. The highest BCUT2D eigenvalue weighted by Gasteiger charge is 2.09. The molecule has 0 heterocycles. The van der Waals surface area contributed by atoms with Crippen LogP contribution in [0.4, 0.5) is 4.39 Å². The van der Waals surface area contributed by atoms with Crippen LogP contribution in [-0.2, 0) is 9.57 Å². The summed E-state index contributed by atoms with van der Waals surface area (Å²) in [6, 6.07) is 5.68. The molecule has 0 bridgehead atoms. The van der Waals surface area contributed by atoms with Crippen molar-refractivity contribution in [2.24, 2.45) is 0 Å². The lowest BCUT2D eigenvalue weighted by Gasteiger charge is -2.05. The zero-order valence-corrected chi connectivity index (χ0v) is 8.33. The van der Waals surface area contributed by atoms with Gasteiger partial charge in [0.1, 0.15) is 5.82 Å². The molecule has 0 spiro atoms. The topological polar surface area (TPSA) is 47.6 Å². The summed E-state index contributed by atoms with van der Waals surface area (Å²) in [5.74, 6) is -1.19. The van der Waals surface area contributed by atoms with Crippen molar-refractivity contribution in [3.05, 3.63) is 35.6 Å². The second kappa shape index (κ2) is 6.10. The Labute approximate surface area is 86.9 Å². The first-order chi connectivity index (χ1) is 7.25. The second-order valence-corrected chi connectivity index (χ2v) is 2.75. The molecule has 0 aliphatic heterocycles. The molecule has 4 nitrogen and oxygen atoms in total. The number of ether oxygens (including phenoxy) is 1. The van der Waals surface area contributed by atoms with Gasteiger partial charge in [0.2, 0.25) is 0 Å². The average molecular weight is 213 g/mol. The second-order valence-electron chi connectivity index (χ2n) is 2.75. The maximum Gasteiger partial charge on any atom is 0.277 e. The van der Waals surface area contributed by atoms with Gasteiger partial charge in [0.15, 0.2) is 0 Å². The summed E-state index contributed by atoms with van der Waals surface area (Å²) in [5.41, 5.74) is 2.07. The fourth-order valence-electron chi connectivity index (χ4n) is 0.942. The third-order valence-corrected chi connectivity index (χ3v) is 1.67. The summed E-state index contributed by atoms with van der Waals surface area (Å²) in [4.78, 5) is 16.1. The number of carbonyl (C=O) groups is 1. The molecule has 0 saturated heterocycles. The Kier molecular flexibility index (Phi) is 4.73. The van der Waals surface area contributed by atoms with Crippen molar-refractivity contribution >= 4 is 5.91 Å². The molecule has 0 unspecified atom stereocenters. The van der Waals surface area contributed by atoms with Crippen LogP contribution in [0.1, 0.15) is 10.4 Å². The van der Waals surface area contributed by atoms with Crippen LogP contribution in [0.2, 0.25) is 0 Å². The van der Waals surface area contributed by atoms with Gasteiger partial charge in [-0.1, -0.05) is 12.1 Å². The molecule has 5 heteroatoms. The Bertz CT molecular complexity index is 330. The van der Waals surface area contributed by atoms with E-state index in [4.69, 9.17) is 9.57 Å². The largest absolute Gasteiger partial charge is 0.382 e. The number of carbonyl (C=O) groups excluding carboxylic acids is 1. The van der Waals surface area contributed by atoms with E-state index in [1.165, 1.54) is 25.3 Å². The number of hydrogen-bond acceptors (Lipinski definition) is 3. The Morgan fingerprint density at radius 3 is 2.80 bits per heavy atom. The van der Waals surface area contributed by atoms with E-state index in [0.29, 0.717) is 6.61 Å². The smallest absolute Gasteiger partial charge is 0.277 e. The molecule has 1 rings (SSSR count). The van der Waals surface area contributed by atoms with Gasteiger partial charge in [-0.15, -0.1) is 0 Å². The van der Waals surface area contributed by atoms with Crippen LogP contribution in [0, 0.1) is 5.82 Å². The van der Waals surface area contributed by atoms with Crippen LogP contribution in [0.25, 0.3) is 0 Å². The summed E-state index contributed by atoms with van der Waals surface area (Å²) in [6.45, 7) is 0.578. The van der Waals surface area contributed by atoms with Crippen molar-refractivity contribution in [3.63, 3.8) is 0 Å². The zero-order valence-electron chi connectivity index (χ0n) is 8.33. The summed E-state index contributed by atoms with van der Waals surface area (Å²) >= 11 is 0. The number of benzene rings is 1. The fourth-order valence-corrected chi connectivity index (χ4v) is 0.942. The molecular formula is C10H12FNO3. The minimum atomic E-state index is -0.607. The normalized spacial score (nSPS) is 10.0. The Morgan fingerprint density at radius 1 is 1.40 bits per heavy atom. The van der Waals surface area contributed by atoms with E-state index < -0.39 is 11.7 Å². The Hall–Kier alpha value is -1.46. The molecule has 15 heavy (non-hydrogen) atoms. The molecule has 1 aromatic carbocycles. The third kappa shape index (κ3) is 3.65. The quantitative estimate of drug-likeness (QED) is 0.589. The lowest BCUT2D eigenvalue weighted by molar-refractivity contribution is 0.00865. The summed E-state index contributed by atoms with van der Waals surface area (Å²) in [5, 5.41) is 0. The van der Waals surface area contributed by atoms with E-state index >= 15 is 0 Å². The van der Waals surface area contributed by atoms with Crippen molar-refractivity contribution in [3.8, 4) is 0 Å². The van der Waals surface area contributed by atoms with E-state index in [1.54, 1.807) is 6.07 Å². The van der Waals surface area contributed by atoms with Crippen molar-refractivity contribution in [2.75, 3.05) is 20.3 Å². The maximum atomic E-state index is 13.1. The highest BCUT2D eigenvalue weighted by Crippen LogP contribution is 2.05. The zero-order chi connectivity index (χ0) is 11.1. The molecule has 0 atom stereocenters. The van der Waals surface area contributed by atoms with Gasteiger partial charge >= 0.3 is 0 Å². The molecular weight excluding hydrogens is 201 g/mol. The lowest BCUT2D eigenvalue weighted by Crippen LogP contribution is -2.26. The van der Waals surface area contributed by atoms with E-state index in [-0.39, 0.29) is 12.2 Å². The molecule has 1 N–H and O–H groups in total. The molecule has 82 valence electrons. The number of rotatable bonds is 5. The van der Waals surface area contributed by atoms with Crippen molar-refractivity contribution in [1.82, 2.24) is 5.48 Å². The van der Waals surface area contributed by atoms with Gasteiger partial charge in [-0.2, -0.15) is 0 Å². The average Bonchev–Trinajstić information content (AvgIpc) is 2.25. The van der Waals surface area contributed by atoms with Gasteiger partial charge < -0.3 is 4.74 Å². The summed E-state index contributed by atoms with van der Waals surface area (Å²) in [7, 11) is 1.52. The van der Waals surface area contributed by atoms with E-state index in [0.717, 1.165) is 0 Å². The molecule has 0 aliphatic carbocycles. The predicted octanol–water partition coefficient (Wildman–Crippen LogP) is 1.13. The molecule has 0 radical (unpaired) electrons. The van der Waals surface area contributed by atoms with Crippen LogP contribution < -0.4 is 5.48 Å². The lowest BCUT2D eigenvalue weighted by atomic mass is 10.2. The van der Waals surface area contributed by atoms with Crippen molar-refractivity contribution < 1.29 is 18.8 Å². The third-order valence-electron chi connectivity index (χ3n) is 1.67. The number of nitrogens with one attached hydrogen (secondary N) is 1. The van der Waals surface area contributed by atoms with Crippen LogP contribution in [0.15, 0.2) is 24.3 Å². The first-order valence-electron chi connectivity index (χ1n) is 4.41. The van der Waals surface area contributed by atoms with Gasteiger partial charge in [0.25, 0.3) is 5.91 Å². The number of hydroxylamine groups is 1. The number of methoxy groups -OCH3 is 1. The number of hydrogen-bond donors (Lipinski definition) is 1. The van der Waals surface area contributed by atoms with Crippen LogP contribution in [0.3, 0.4) is 0 Å². The standard InChI is InChI=1S/C10H12FNO3/c1-14-6-7-15-12-10(13)8-4-2-3-5-9(8)11/h2-5H,6-7H2,1H3,(H,12,13). The van der Waals surface area contributed by atoms with Gasteiger partial charge in [0.05, 0.1) is 18.8 Å². The molecule has 0 fully saturated rings. The molecule has 1 aromatic rings. The fraction of sp³-hybridized carbons (Fsp3) is 0.300. The highest BCUT2D eigenvalue weighted by atomic mass is 19.1. The van der Waals surface area contributed by atoms with Crippen molar-refractivity contribution in [1.29, 1.82) is 0 Å². The molecule has 0 aliphatic rings. The van der Waals surface area contributed by atoms with Crippen LogP contribution in [-0.4, -0.2) is 26.2 Å². The summed E-state index contributed by atoms with van der Waals surface area (Å²) < 4.78 is 17.8. The van der Waals surface area contributed by atoms with Gasteiger partial charge in [-0.25, -0.2) is 9.87 Å². The monoisotopic (exact) mass is 213 g/mol. The molecule has 0 saturated carbocycles. The number of halogens is 1. The SMILES string of the molecule is COCCONC(=O)c1ccccc1F. The maximum absolute atomic E-state index is 13.1. The minimum Gasteiger partial charge on any atom is -0.382 e. The minimum absolute atomic E-state index is 0.0464.